The van der Waals surface area contributed by atoms with Crippen LogP contribution in [0.4, 0.5) is 13.6 Å². The summed E-state index contributed by atoms with van der Waals surface area (Å²) in [5.41, 5.74) is 1.49. The van der Waals surface area contributed by atoms with Crippen molar-refractivity contribution in [2.24, 2.45) is 0 Å². The summed E-state index contributed by atoms with van der Waals surface area (Å²) in [4.78, 5) is 12.1. The molecule has 2 unspecified atom stereocenters. The van der Waals surface area contributed by atoms with Gasteiger partial charge >= 0.3 is 6.03 Å². The summed E-state index contributed by atoms with van der Waals surface area (Å²) in [6.45, 7) is 7.07. The number of nitrogens with one attached hydrogen (secondary N) is 2. The van der Waals surface area contributed by atoms with Gasteiger partial charge in [-0.3, -0.25) is 0 Å². The van der Waals surface area contributed by atoms with Crippen molar-refractivity contribution in [2.45, 2.75) is 46.2 Å². The Bertz CT molecular complexity index is 691. The number of rotatable bonds is 5. The summed E-state index contributed by atoms with van der Waals surface area (Å²) in [5, 5.41) is 9.30. The van der Waals surface area contributed by atoms with Crippen LogP contribution >= 0.6 is 0 Å². The topological polar surface area (TPSA) is 67.2 Å². The number of hydrogen-bond donors (Lipinski definition) is 2. The fraction of sp³-hybridized carbons (Fsp3) is 0.412. The Kier molecular flexibility index (Phi) is 5.54. The summed E-state index contributed by atoms with van der Waals surface area (Å²) >= 11 is 0. The van der Waals surface area contributed by atoms with E-state index in [1.54, 1.807) is 20.8 Å². The molecule has 5 nitrogen and oxygen atoms in total. The van der Waals surface area contributed by atoms with Crippen molar-refractivity contribution in [3.8, 4) is 0 Å². The van der Waals surface area contributed by atoms with E-state index >= 15 is 0 Å². The van der Waals surface area contributed by atoms with Gasteiger partial charge in [0.05, 0.1) is 11.7 Å². The van der Waals surface area contributed by atoms with Gasteiger partial charge in [-0.2, -0.15) is 0 Å². The highest BCUT2D eigenvalue weighted by Gasteiger charge is 2.19. The van der Waals surface area contributed by atoms with E-state index in [4.69, 9.17) is 4.52 Å². The van der Waals surface area contributed by atoms with Gasteiger partial charge in [-0.15, -0.1) is 0 Å². The number of nitrogens with zero attached hydrogens (tertiary/aromatic N) is 1. The van der Waals surface area contributed by atoms with Crippen molar-refractivity contribution >= 4 is 6.03 Å². The van der Waals surface area contributed by atoms with Crippen LogP contribution in [0.1, 0.15) is 42.5 Å². The Balaban J connectivity index is 1.95. The van der Waals surface area contributed by atoms with Crippen LogP contribution in [-0.2, 0) is 6.42 Å². The van der Waals surface area contributed by atoms with Crippen molar-refractivity contribution in [1.29, 1.82) is 0 Å². The summed E-state index contributed by atoms with van der Waals surface area (Å²) in [7, 11) is 0. The van der Waals surface area contributed by atoms with Crippen LogP contribution in [0, 0.1) is 25.5 Å². The fourth-order valence-electron chi connectivity index (χ4n) is 2.73. The number of halogens is 2. The number of urea groups is 1. The number of hydrogen-bond acceptors (Lipinski definition) is 3. The molecule has 0 radical (unpaired) electrons. The van der Waals surface area contributed by atoms with Crippen LogP contribution in [0.2, 0.25) is 0 Å². The molecule has 1 aromatic carbocycles. The molecule has 1 heterocycles. The molecule has 0 aliphatic rings. The summed E-state index contributed by atoms with van der Waals surface area (Å²) in [6.07, 6.45) is 0.0611. The first-order valence-corrected chi connectivity index (χ1v) is 7.72. The van der Waals surface area contributed by atoms with E-state index in [0.717, 1.165) is 5.56 Å². The van der Waals surface area contributed by atoms with Gasteiger partial charge in [0.2, 0.25) is 0 Å². The van der Waals surface area contributed by atoms with E-state index in [1.807, 2.05) is 6.92 Å². The molecule has 0 aliphatic carbocycles. The first kappa shape index (κ1) is 17.9. The van der Waals surface area contributed by atoms with Gasteiger partial charge in [0.25, 0.3) is 0 Å². The van der Waals surface area contributed by atoms with Gasteiger partial charge < -0.3 is 15.2 Å². The molecule has 0 saturated carbocycles. The molecule has 0 saturated heterocycles. The standard InChI is InChI=1S/C17H21F2N3O2/c1-9(8-13-14(18)6-5-7-15(13)19)20-17(23)21-10(2)16-11(3)22-24-12(16)4/h5-7,9-10H,8H2,1-4H3,(H2,20,21,23). The van der Waals surface area contributed by atoms with E-state index in [0.29, 0.717) is 11.5 Å². The van der Waals surface area contributed by atoms with Gasteiger partial charge in [0.1, 0.15) is 17.4 Å². The Hall–Kier alpha value is -2.44. The lowest BCUT2D eigenvalue weighted by molar-refractivity contribution is 0.234. The number of amides is 2. The smallest absolute Gasteiger partial charge is 0.315 e. The Morgan fingerprint density at radius 3 is 2.38 bits per heavy atom. The van der Waals surface area contributed by atoms with Crippen LogP contribution in [0.15, 0.2) is 22.7 Å². The molecule has 2 N–H and O–H groups in total. The average molecular weight is 337 g/mol. The summed E-state index contributed by atoms with van der Waals surface area (Å²) < 4.78 is 32.4. The van der Waals surface area contributed by atoms with Crippen LogP contribution < -0.4 is 10.6 Å². The molecule has 2 atom stereocenters. The second-order valence-corrected chi connectivity index (χ2v) is 5.88. The highest BCUT2D eigenvalue weighted by molar-refractivity contribution is 5.74. The maximum atomic E-state index is 13.6. The molecule has 0 aliphatic heterocycles. The molecular formula is C17H21F2N3O2. The van der Waals surface area contributed by atoms with E-state index in [2.05, 4.69) is 15.8 Å². The largest absolute Gasteiger partial charge is 0.361 e. The second-order valence-electron chi connectivity index (χ2n) is 5.88. The molecule has 7 heteroatoms. The molecule has 2 amide bonds. The number of benzene rings is 1. The normalized spacial score (nSPS) is 13.4. The van der Waals surface area contributed by atoms with Gasteiger partial charge in [-0.1, -0.05) is 11.2 Å². The van der Waals surface area contributed by atoms with Crippen molar-refractivity contribution in [1.82, 2.24) is 15.8 Å². The molecular weight excluding hydrogens is 316 g/mol. The predicted molar refractivity (Wildman–Crippen MR) is 85.6 cm³/mol. The van der Waals surface area contributed by atoms with E-state index in [-0.39, 0.29) is 18.0 Å². The maximum Gasteiger partial charge on any atom is 0.315 e. The quantitative estimate of drug-likeness (QED) is 0.876. The third-order valence-corrected chi connectivity index (χ3v) is 3.82. The molecule has 0 spiro atoms. The fourth-order valence-corrected chi connectivity index (χ4v) is 2.73. The predicted octanol–water partition coefficient (Wildman–Crippen LogP) is 3.56. The third-order valence-electron chi connectivity index (χ3n) is 3.82. The van der Waals surface area contributed by atoms with Crippen LogP contribution in [0.3, 0.4) is 0 Å². The van der Waals surface area contributed by atoms with Gasteiger partial charge in [-0.25, -0.2) is 13.6 Å². The zero-order chi connectivity index (χ0) is 17.9. The molecule has 2 rings (SSSR count). The number of carbonyl (C=O) groups excluding carboxylic acids is 1. The zero-order valence-electron chi connectivity index (χ0n) is 14.1. The van der Waals surface area contributed by atoms with E-state index in [1.165, 1.54) is 18.2 Å². The van der Waals surface area contributed by atoms with E-state index < -0.39 is 23.7 Å². The van der Waals surface area contributed by atoms with Crippen LogP contribution in [0.25, 0.3) is 0 Å². The van der Waals surface area contributed by atoms with Crippen LogP contribution in [0.5, 0.6) is 0 Å². The van der Waals surface area contributed by atoms with Crippen molar-refractivity contribution in [3.63, 3.8) is 0 Å². The van der Waals surface area contributed by atoms with Crippen LogP contribution in [-0.4, -0.2) is 17.2 Å². The molecule has 0 bridgehead atoms. The SMILES string of the molecule is Cc1noc(C)c1C(C)NC(=O)NC(C)Cc1c(F)cccc1F. The Morgan fingerprint density at radius 1 is 1.21 bits per heavy atom. The minimum absolute atomic E-state index is 0.0379. The first-order valence-electron chi connectivity index (χ1n) is 7.72. The average Bonchev–Trinajstić information content (AvgIpc) is 2.82. The molecule has 2 aromatic rings. The minimum atomic E-state index is -0.617. The lowest BCUT2D eigenvalue weighted by atomic mass is 10.1. The minimum Gasteiger partial charge on any atom is -0.361 e. The van der Waals surface area contributed by atoms with Crippen molar-refractivity contribution in [2.75, 3.05) is 0 Å². The first-order chi connectivity index (χ1) is 11.3. The van der Waals surface area contributed by atoms with Crippen molar-refractivity contribution in [3.05, 3.63) is 52.4 Å². The Morgan fingerprint density at radius 2 is 1.83 bits per heavy atom. The van der Waals surface area contributed by atoms with Gasteiger partial charge in [0.15, 0.2) is 0 Å². The number of aryl methyl sites for hydroxylation is 2. The van der Waals surface area contributed by atoms with Crippen molar-refractivity contribution < 1.29 is 18.1 Å². The second kappa shape index (κ2) is 7.42. The molecule has 1 aromatic heterocycles. The summed E-state index contributed by atoms with van der Waals surface area (Å²) in [5.74, 6) is -0.594. The highest BCUT2D eigenvalue weighted by atomic mass is 19.1. The van der Waals surface area contributed by atoms with Gasteiger partial charge in [-0.05, 0) is 46.2 Å². The molecule has 0 fully saturated rings. The molecule has 24 heavy (non-hydrogen) atoms. The van der Waals surface area contributed by atoms with Gasteiger partial charge in [0, 0.05) is 17.2 Å². The number of carbonyl (C=O) groups is 1. The lowest BCUT2D eigenvalue weighted by Gasteiger charge is -2.18. The third kappa shape index (κ3) is 4.10. The Labute approximate surface area is 139 Å². The monoisotopic (exact) mass is 337 g/mol. The number of aromatic nitrogens is 1. The lowest BCUT2D eigenvalue weighted by Crippen LogP contribution is -2.42. The zero-order valence-corrected chi connectivity index (χ0v) is 14.1. The van der Waals surface area contributed by atoms with E-state index in [9.17, 15) is 13.6 Å². The summed E-state index contributed by atoms with van der Waals surface area (Å²) in [6, 6.07) is 2.55. The highest BCUT2D eigenvalue weighted by Crippen LogP contribution is 2.20. The maximum absolute atomic E-state index is 13.6. The molecule has 130 valence electrons.